The molecule has 0 aliphatic carbocycles. The standard InChI is InChI=1S/C18H15BrF3NO4/c19-14-7-12(6-13(8-14)18(20,21)22)15(9-16(24)25)23-17(26)27-10-11-4-2-1-3-5-11/h1-8,15H,9-10H2,(H,23,26)(H,24,25)/t15-/m0/s1. The minimum absolute atomic E-state index is 0.00392. The van der Waals surface area contributed by atoms with Crippen LogP contribution in [0.15, 0.2) is 53.0 Å². The Balaban J connectivity index is 2.16. The van der Waals surface area contributed by atoms with E-state index in [1.807, 2.05) is 0 Å². The summed E-state index contributed by atoms with van der Waals surface area (Å²) in [4.78, 5) is 23.1. The fraction of sp³-hybridized carbons (Fsp3) is 0.222. The van der Waals surface area contributed by atoms with Crippen LogP contribution in [0.4, 0.5) is 18.0 Å². The summed E-state index contributed by atoms with van der Waals surface area (Å²) in [7, 11) is 0. The van der Waals surface area contributed by atoms with E-state index in [1.54, 1.807) is 30.3 Å². The van der Waals surface area contributed by atoms with Gasteiger partial charge in [-0.25, -0.2) is 4.79 Å². The van der Waals surface area contributed by atoms with Crippen molar-refractivity contribution in [1.82, 2.24) is 5.32 Å². The first-order valence-corrected chi connectivity index (χ1v) is 8.51. The van der Waals surface area contributed by atoms with Crippen molar-refractivity contribution in [3.63, 3.8) is 0 Å². The molecule has 0 fully saturated rings. The molecule has 0 spiro atoms. The minimum Gasteiger partial charge on any atom is -0.481 e. The Labute approximate surface area is 161 Å². The van der Waals surface area contributed by atoms with E-state index in [1.165, 1.54) is 6.07 Å². The van der Waals surface area contributed by atoms with E-state index in [2.05, 4.69) is 21.2 Å². The summed E-state index contributed by atoms with van der Waals surface area (Å²) in [6.07, 6.45) is -6.15. The van der Waals surface area contributed by atoms with Gasteiger partial charge >= 0.3 is 18.2 Å². The average molecular weight is 446 g/mol. The number of alkyl halides is 3. The van der Waals surface area contributed by atoms with Crippen molar-refractivity contribution < 1.29 is 32.6 Å². The van der Waals surface area contributed by atoms with Crippen LogP contribution < -0.4 is 5.32 Å². The highest BCUT2D eigenvalue weighted by atomic mass is 79.9. The number of carboxylic acid groups (broad SMARTS) is 1. The molecule has 0 bridgehead atoms. The van der Waals surface area contributed by atoms with E-state index in [0.29, 0.717) is 5.56 Å². The van der Waals surface area contributed by atoms with Crippen molar-refractivity contribution >= 4 is 28.0 Å². The maximum absolute atomic E-state index is 13.0. The van der Waals surface area contributed by atoms with Crippen molar-refractivity contribution in [2.24, 2.45) is 0 Å². The molecular weight excluding hydrogens is 431 g/mol. The molecule has 9 heteroatoms. The highest BCUT2D eigenvalue weighted by molar-refractivity contribution is 9.10. The number of ether oxygens (including phenoxy) is 1. The molecule has 2 rings (SSSR count). The van der Waals surface area contributed by atoms with Crippen molar-refractivity contribution in [3.8, 4) is 0 Å². The molecule has 5 nitrogen and oxygen atoms in total. The number of rotatable bonds is 6. The summed E-state index contributed by atoms with van der Waals surface area (Å²) in [5, 5.41) is 11.3. The number of carbonyl (C=O) groups excluding carboxylic acids is 1. The molecule has 0 saturated carbocycles. The smallest absolute Gasteiger partial charge is 0.416 e. The Kier molecular flexibility index (Phi) is 6.84. The Morgan fingerprint density at radius 1 is 1.15 bits per heavy atom. The second-order valence-corrected chi connectivity index (χ2v) is 6.54. The molecule has 0 aliphatic rings. The van der Waals surface area contributed by atoms with E-state index in [4.69, 9.17) is 9.84 Å². The van der Waals surface area contributed by atoms with Gasteiger partial charge in [0.2, 0.25) is 0 Å². The van der Waals surface area contributed by atoms with Crippen LogP contribution in [-0.4, -0.2) is 17.2 Å². The maximum atomic E-state index is 13.0. The van der Waals surface area contributed by atoms with Gasteiger partial charge in [0, 0.05) is 4.47 Å². The monoisotopic (exact) mass is 445 g/mol. The Bertz CT molecular complexity index is 812. The second-order valence-electron chi connectivity index (χ2n) is 5.63. The Hall–Kier alpha value is -2.55. The number of amides is 1. The predicted molar refractivity (Wildman–Crippen MR) is 93.9 cm³/mol. The Morgan fingerprint density at radius 3 is 2.41 bits per heavy atom. The molecule has 0 radical (unpaired) electrons. The van der Waals surface area contributed by atoms with Crippen LogP contribution in [0.3, 0.4) is 0 Å². The van der Waals surface area contributed by atoms with Crippen molar-refractivity contribution in [3.05, 3.63) is 69.7 Å². The summed E-state index contributed by atoms with van der Waals surface area (Å²) in [6.45, 7) is -0.0568. The second kappa shape index (κ2) is 8.90. The van der Waals surface area contributed by atoms with E-state index in [9.17, 15) is 22.8 Å². The topological polar surface area (TPSA) is 75.6 Å². The largest absolute Gasteiger partial charge is 0.481 e. The molecule has 1 amide bonds. The lowest BCUT2D eigenvalue weighted by Gasteiger charge is -2.19. The number of benzene rings is 2. The number of aliphatic carboxylic acids is 1. The molecule has 2 aromatic carbocycles. The van der Waals surface area contributed by atoms with Crippen molar-refractivity contribution in [1.29, 1.82) is 0 Å². The molecule has 144 valence electrons. The van der Waals surface area contributed by atoms with Crippen LogP contribution in [0.25, 0.3) is 0 Å². The molecule has 27 heavy (non-hydrogen) atoms. The average Bonchev–Trinajstić information content (AvgIpc) is 2.58. The van der Waals surface area contributed by atoms with E-state index < -0.39 is 36.3 Å². The quantitative estimate of drug-likeness (QED) is 0.662. The lowest BCUT2D eigenvalue weighted by molar-refractivity contribution is -0.138. The van der Waals surface area contributed by atoms with Crippen LogP contribution in [0.1, 0.15) is 29.2 Å². The normalized spacial score (nSPS) is 12.3. The van der Waals surface area contributed by atoms with Gasteiger partial charge in [-0.05, 0) is 29.3 Å². The summed E-state index contributed by atoms with van der Waals surface area (Å²) in [6, 6.07) is 10.6. The predicted octanol–water partition coefficient (Wildman–Crippen LogP) is 4.91. The summed E-state index contributed by atoms with van der Waals surface area (Å²) in [5.41, 5.74) is -0.248. The number of hydrogen-bond donors (Lipinski definition) is 2. The third-order valence-corrected chi connectivity index (χ3v) is 3.99. The molecule has 2 N–H and O–H groups in total. The summed E-state index contributed by atoms with van der Waals surface area (Å²) in [5.74, 6) is -1.28. The lowest BCUT2D eigenvalue weighted by atomic mass is 10.0. The number of carbonyl (C=O) groups is 2. The zero-order valence-electron chi connectivity index (χ0n) is 13.8. The third-order valence-electron chi connectivity index (χ3n) is 3.53. The third kappa shape index (κ3) is 6.59. The fourth-order valence-corrected chi connectivity index (χ4v) is 2.82. The Morgan fingerprint density at radius 2 is 1.81 bits per heavy atom. The van der Waals surface area contributed by atoms with Crippen LogP contribution in [0, 0.1) is 0 Å². The molecule has 2 aromatic rings. The van der Waals surface area contributed by atoms with Crippen LogP contribution in [-0.2, 0) is 22.3 Å². The molecule has 0 unspecified atom stereocenters. The van der Waals surface area contributed by atoms with E-state index >= 15 is 0 Å². The first-order chi connectivity index (χ1) is 12.6. The number of hydrogen-bond acceptors (Lipinski definition) is 3. The van der Waals surface area contributed by atoms with Crippen LogP contribution in [0.2, 0.25) is 0 Å². The fourth-order valence-electron chi connectivity index (χ4n) is 2.31. The molecule has 1 atom stereocenters. The van der Waals surface area contributed by atoms with Gasteiger partial charge < -0.3 is 15.2 Å². The lowest BCUT2D eigenvalue weighted by Crippen LogP contribution is -2.31. The number of nitrogens with one attached hydrogen (secondary N) is 1. The van der Waals surface area contributed by atoms with Crippen LogP contribution in [0.5, 0.6) is 0 Å². The summed E-state index contributed by atoms with van der Waals surface area (Å²) >= 11 is 2.98. The number of halogens is 4. The number of carboxylic acids is 1. The van der Waals surface area contributed by atoms with Crippen LogP contribution >= 0.6 is 15.9 Å². The van der Waals surface area contributed by atoms with E-state index in [0.717, 1.165) is 12.1 Å². The maximum Gasteiger partial charge on any atom is 0.416 e. The van der Waals surface area contributed by atoms with Crippen molar-refractivity contribution in [2.45, 2.75) is 25.2 Å². The minimum atomic E-state index is -4.61. The first-order valence-electron chi connectivity index (χ1n) is 7.72. The number of alkyl carbamates (subject to hydrolysis) is 1. The summed E-state index contributed by atoms with van der Waals surface area (Å²) < 4.78 is 44.1. The van der Waals surface area contributed by atoms with Gasteiger partial charge in [-0.3, -0.25) is 4.79 Å². The molecule has 0 heterocycles. The van der Waals surface area contributed by atoms with Gasteiger partial charge in [0.05, 0.1) is 18.0 Å². The molecular formula is C18H15BrF3NO4. The zero-order chi connectivity index (χ0) is 20.0. The highest BCUT2D eigenvalue weighted by Crippen LogP contribution is 2.34. The SMILES string of the molecule is O=C(O)C[C@H](NC(=O)OCc1ccccc1)c1cc(Br)cc(C(F)(F)F)c1. The highest BCUT2D eigenvalue weighted by Gasteiger charge is 2.32. The molecule has 0 aliphatic heterocycles. The van der Waals surface area contributed by atoms with E-state index in [-0.39, 0.29) is 16.6 Å². The van der Waals surface area contributed by atoms with Crippen molar-refractivity contribution in [2.75, 3.05) is 0 Å². The van der Waals surface area contributed by atoms with Gasteiger partial charge in [0.25, 0.3) is 0 Å². The van der Waals surface area contributed by atoms with Gasteiger partial charge in [-0.15, -0.1) is 0 Å². The molecule has 0 saturated heterocycles. The van der Waals surface area contributed by atoms with Gasteiger partial charge in [-0.2, -0.15) is 13.2 Å². The zero-order valence-corrected chi connectivity index (χ0v) is 15.4. The van der Waals surface area contributed by atoms with Gasteiger partial charge in [0.1, 0.15) is 6.61 Å². The van der Waals surface area contributed by atoms with Gasteiger partial charge in [0.15, 0.2) is 0 Å². The molecule has 0 aromatic heterocycles. The van der Waals surface area contributed by atoms with Gasteiger partial charge in [-0.1, -0.05) is 46.3 Å². The first kappa shape index (κ1) is 20.8.